The van der Waals surface area contributed by atoms with E-state index in [0.29, 0.717) is 12.3 Å². The molecule has 4 heteroatoms. The van der Waals surface area contributed by atoms with Crippen LogP contribution in [0.3, 0.4) is 0 Å². The Morgan fingerprint density at radius 3 is 2.83 bits per heavy atom. The predicted molar refractivity (Wildman–Crippen MR) is 66.4 cm³/mol. The largest absolute Gasteiger partial charge is 0.478 e. The van der Waals surface area contributed by atoms with Gasteiger partial charge in [-0.15, -0.1) is 0 Å². The number of carboxylic acid groups (broad SMARTS) is 1. The van der Waals surface area contributed by atoms with Crippen LogP contribution in [0.15, 0.2) is 16.7 Å². The van der Waals surface area contributed by atoms with Crippen molar-refractivity contribution in [1.82, 2.24) is 0 Å². The average Bonchev–Trinajstić information content (AvgIpc) is 2.78. The highest BCUT2D eigenvalue weighted by atomic mass is 16.4. The van der Waals surface area contributed by atoms with Gasteiger partial charge in [0, 0.05) is 0 Å². The van der Waals surface area contributed by atoms with Crippen LogP contribution < -0.4 is 0 Å². The van der Waals surface area contributed by atoms with E-state index in [1.54, 1.807) is 0 Å². The Hall–Kier alpha value is -1.29. The quantitative estimate of drug-likeness (QED) is 0.867. The fraction of sp³-hybridized carbons (Fsp3) is 0.643. The zero-order chi connectivity index (χ0) is 13.3. The number of carboxylic acids is 1. The Balaban J connectivity index is 2.44. The summed E-state index contributed by atoms with van der Waals surface area (Å²) in [5.41, 5.74) is -1.05. The molecule has 2 unspecified atom stereocenters. The van der Waals surface area contributed by atoms with Crippen LogP contribution in [-0.4, -0.2) is 16.2 Å². The van der Waals surface area contributed by atoms with Gasteiger partial charge in [-0.2, -0.15) is 0 Å². The minimum Gasteiger partial charge on any atom is -0.478 e. The maximum absolute atomic E-state index is 11.2. The first-order valence-electron chi connectivity index (χ1n) is 6.50. The van der Waals surface area contributed by atoms with Crippen molar-refractivity contribution in [3.8, 4) is 0 Å². The molecule has 1 heterocycles. The molecular formula is C14H20O4. The first kappa shape index (κ1) is 13.1. The van der Waals surface area contributed by atoms with E-state index < -0.39 is 11.6 Å². The van der Waals surface area contributed by atoms with Gasteiger partial charge >= 0.3 is 5.97 Å². The maximum atomic E-state index is 11.2. The number of aromatic carboxylic acids is 1. The highest BCUT2D eigenvalue weighted by Gasteiger charge is 2.46. The molecular weight excluding hydrogens is 232 g/mol. The van der Waals surface area contributed by atoms with Gasteiger partial charge < -0.3 is 14.6 Å². The molecule has 1 saturated carbocycles. The standard InChI is InChI=1S/C14H20O4/c1-9(2)11-5-3-4-7-14(11,17)12-10(13(15)16)6-8-18-12/h6,8-9,11,17H,3-5,7H2,1-2H3,(H,15,16). The van der Waals surface area contributed by atoms with Crippen LogP contribution >= 0.6 is 0 Å². The van der Waals surface area contributed by atoms with E-state index in [1.807, 2.05) is 0 Å². The van der Waals surface area contributed by atoms with Crippen LogP contribution in [0.25, 0.3) is 0 Å². The van der Waals surface area contributed by atoms with Gasteiger partial charge in [0.15, 0.2) is 0 Å². The number of hydrogen-bond donors (Lipinski definition) is 2. The molecule has 0 aromatic carbocycles. The topological polar surface area (TPSA) is 70.7 Å². The zero-order valence-electron chi connectivity index (χ0n) is 10.8. The third kappa shape index (κ3) is 2.05. The molecule has 2 rings (SSSR count). The molecule has 1 fully saturated rings. The lowest BCUT2D eigenvalue weighted by atomic mass is 9.68. The third-order valence-corrected chi connectivity index (χ3v) is 4.03. The van der Waals surface area contributed by atoms with Gasteiger partial charge in [0.1, 0.15) is 16.9 Å². The van der Waals surface area contributed by atoms with Crippen molar-refractivity contribution in [2.75, 3.05) is 0 Å². The van der Waals surface area contributed by atoms with Gasteiger partial charge in [-0.25, -0.2) is 4.79 Å². The Bertz CT molecular complexity index is 435. The number of hydrogen-bond acceptors (Lipinski definition) is 3. The summed E-state index contributed by atoms with van der Waals surface area (Å²) in [7, 11) is 0. The Labute approximate surface area is 107 Å². The number of furan rings is 1. The fourth-order valence-corrected chi connectivity index (χ4v) is 3.16. The van der Waals surface area contributed by atoms with E-state index >= 15 is 0 Å². The molecule has 2 N–H and O–H groups in total. The van der Waals surface area contributed by atoms with E-state index in [1.165, 1.54) is 12.3 Å². The summed E-state index contributed by atoms with van der Waals surface area (Å²) in [6.07, 6.45) is 4.81. The lowest BCUT2D eigenvalue weighted by molar-refractivity contribution is -0.0877. The van der Waals surface area contributed by atoms with Crippen LogP contribution in [0, 0.1) is 11.8 Å². The van der Waals surface area contributed by atoms with Crippen molar-refractivity contribution in [1.29, 1.82) is 0 Å². The molecule has 2 atom stereocenters. The van der Waals surface area contributed by atoms with E-state index in [0.717, 1.165) is 19.3 Å². The molecule has 4 nitrogen and oxygen atoms in total. The molecule has 1 aromatic heterocycles. The van der Waals surface area contributed by atoms with E-state index in [2.05, 4.69) is 13.8 Å². The van der Waals surface area contributed by atoms with Crippen molar-refractivity contribution in [3.63, 3.8) is 0 Å². The molecule has 18 heavy (non-hydrogen) atoms. The smallest absolute Gasteiger partial charge is 0.339 e. The van der Waals surface area contributed by atoms with Crippen molar-refractivity contribution in [3.05, 3.63) is 23.7 Å². The van der Waals surface area contributed by atoms with Gasteiger partial charge in [0.05, 0.1) is 6.26 Å². The van der Waals surface area contributed by atoms with Gasteiger partial charge in [0.25, 0.3) is 0 Å². The summed E-state index contributed by atoms with van der Waals surface area (Å²) in [4.78, 5) is 11.2. The molecule has 0 radical (unpaired) electrons. The molecule has 1 aromatic rings. The Morgan fingerprint density at radius 2 is 2.22 bits per heavy atom. The van der Waals surface area contributed by atoms with Gasteiger partial charge in [0.2, 0.25) is 0 Å². The summed E-state index contributed by atoms with van der Waals surface area (Å²) in [6, 6.07) is 1.42. The summed E-state index contributed by atoms with van der Waals surface area (Å²) in [5.74, 6) is -0.466. The van der Waals surface area contributed by atoms with Crippen molar-refractivity contribution in [2.24, 2.45) is 11.8 Å². The average molecular weight is 252 g/mol. The molecule has 1 aliphatic carbocycles. The van der Waals surface area contributed by atoms with Crippen molar-refractivity contribution >= 4 is 5.97 Å². The monoisotopic (exact) mass is 252 g/mol. The first-order chi connectivity index (χ1) is 8.47. The van der Waals surface area contributed by atoms with Gasteiger partial charge in [-0.3, -0.25) is 0 Å². The number of carbonyl (C=O) groups is 1. The SMILES string of the molecule is CC(C)C1CCCCC1(O)c1occc1C(=O)O. The predicted octanol–water partition coefficient (Wildman–Crippen LogP) is 3.01. The molecule has 0 aliphatic heterocycles. The highest BCUT2D eigenvalue weighted by Crippen LogP contribution is 2.46. The summed E-state index contributed by atoms with van der Waals surface area (Å²) in [6.45, 7) is 4.12. The molecule has 100 valence electrons. The van der Waals surface area contributed by atoms with Crippen LogP contribution in [0.5, 0.6) is 0 Å². The van der Waals surface area contributed by atoms with Gasteiger partial charge in [-0.05, 0) is 30.7 Å². The molecule has 1 aliphatic rings. The normalized spacial score (nSPS) is 28.6. The number of rotatable bonds is 3. The van der Waals surface area contributed by atoms with E-state index in [-0.39, 0.29) is 17.2 Å². The summed E-state index contributed by atoms with van der Waals surface area (Å²) < 4.78 is 5.32. The molecule has 0 amide bonds. The van der Waals surface area contributed by atoms with E-state index in [4.69, 9.17) is 9.52 Å². The maximum Gasteiger partial charge on any atom is 0.339 e. The lowest BCUT2D eigenvalue weighted by Crippen LogP contribution is -2.41. The summed E-state index contributed by atoms with van der Waals surface area (Å²) in [5, 5.41) is 20.1. The minimum atomic E-state index is -1.14. The zero-order valence-corrected chi connectivity index (χ0v) is 10.8. The lowest BCUT2D eigenvalue weighted by Gasteiger charge is -2.41. The molecule has 0 saturated heterocycles. The summed E-state index contributed by atoms with van der Waals surface area (Å²) >= 11 is 0. The highest BCUT2D eigenvalue weighted by molar-refractivity contribution is 5.89. The Morgan fingerprint density at radius 1 is 1.50 bits per heavy atom. The second-order valence-corrected chi connectivity index (χ2v) is 5.49. The second kappa shape index (κ2) is 4.76. The van der Waals surface area contributed by atoms with Crippen molar-refractivity contribution in [2.45, 2.75) is 45.1 Å². The molecule has 0 spiro atoms. The first-order valence-corrected chi connectivity index (χ1v) is 6.50. The van der Waals surface area contributed by atoms with Crippen LogP contribution in [0.2, 0.25) is 0 Å². The van der Waals surface area contributed by atoms with Crippen molar-refractivity contribution < 1.29 is 19.4 Å². The van der Waals surface area contributed by atoms with Gasteiger partial charge in [-0.1, -0.05) is 26.7 Å². The molecule has 0 bridgehead atoms. The van der Waals surface area contributed by atoms with Crippen LogP contribution in [0.1, 0.15) is 55.6 Å². The van der Waals surface area contributed by atoms with E-state index in [9.17, 15) is 9.90 Å². The van der Waals surface area contributed by atoms with Crippen LogP contribution in [0.4, 0.5) is 0 Å². The van der Waals surface area contributed by atoms with Crippen LogP contribution in [-0.2, 0) is 5.60 Å². The minimum absolute atomic E-state index is 0.0514. The fourth-order valence-electron chi connectivity index (χ4n) is 3.16. The Kier molecular flexibility index (Phi) is 3.48. The second-order valence-electron chi connectivity index (χ2n) is 5.49. The third-order valence-electron chi connectivity index (χ3n) is 4.03. The number of aliphatic hydroxyl groups is 1.